The molecule has 0 spiro atoms. The Balaban J connectivity index is 0.000000265. The number of nitrogens with zero attached hydrogens (tertiary/aromatic N) is 2. The van der Waals surface area contributed by atoms with Crippen LogP contribution in [-0.4, -0.2) is 61.8 Å². The molecule has 92 valence electrons. The summed E-state index contributed by atoms with van der Waals surface area (Å²) in [6.07, 6.45) is 3.84. The molecule has 0 radical (unpaired) electrons. The molecule has 0 aromatic rings. The summed E-state index contributed by atoms with van der Waals surface area (Å²) in [6, 6.07) is 0. The number of alkyl halides is 2. The fourth-order valence-electron chi connectivity index (χ4n) is 1.50. The molecular weight excluding hydrogens is 231 g/mol. The van der Waals surface area contributed by atoms with Crippen LogP contribution in [0.2, 0.25) is 0 Å². The molecule has 2 nitrogen and oxygen atoms in total. The van der Waals surface area contributed by atoms with Crippen LogP contribution in [-0.2, 0) is 0 Å². The van der Waals surface area contributed by atoms with Crippen molar-refractivity contribution in [3.8, 4) is 0 Å². The number of rotatable bonds is 5. The minimum absolute atomic E-state index is 0.776. The first-order valence-corrected chi connectivity index (χ1v) is 6.76. The topological polar surface area (TPSA) is 6.48 Å². The molecule has 15 heavy (non-hydrogen) atoms. The Morgan fingerprint density at radius 3 is 2.00 bits per heavy atom. The molecule has 0 aromatic carbocycles. The van der Waals surface area contributed by atoms with E-state index >= 15 is 0 Å². The summed E-state index contributed by atoms with van der Waals surface area (Å²) in [5.41, 5.74) is 0. The minimum Gasteiger partial charge on any atom is -0.309 e. The first-order valence-electron chi connectivity index (χ1n) is 5.69. The molecule has 0 saturated carbocycles. The van der Waals surface area contributed by atoms with E-state index in [1.54, 1.807) is 0 Å². The Morgan fingerprint density at radius 2 is 1.67 bits per heavy atom. The van der Waals surface area contributed by atoms with Gasteiger partial charge in [-0.15, -0.1) is 23.2 Å². The smallest absolute Gasteiger partial charge is 0.0351 e. The molecule has 1 aliphatic heterocycles. The van der Waals surface area contributed by atoms with Crippen molar-refractivity contribution in [1.29, 1.82) is 0 Å². The Labute approximate surface area is 105 Å². The van der Waals surface area contributed by atoms with Crippen LogP contribution >= 0.6 is 23.2 Å². The van der Waals surface area contributed by atoms with E-state index in [2.05, 4.69) is 9.80 Å². The summed E-state index contributed by atoms with van der Waals surface area (Å²) in [7, 11) is 4.10. The molecule has 1 fully saturated rings. The summed E-state index contributed by atoms with van der Waals surface area (Å²) < 4.78 is 0. The van der Waals surface area contributed by atoms with Crippen LogP contribution in [0.15, 0.2) is 0 Å². The lowest BCUT2D eigenvalue weighted by Crippen LogP contribution is -2.21. The van der Waals surface area contributed by atoms with E-state index in [-0.39, 0.29) is 0 Å². The van der Waals surface area contributed by atoms with Crippen molar-refractivity contribution in [1.82, 2.24) is 9.80 Å². The molecule has 1 rings (SSSR count). The van der Waals surface area contributed by atoms with Gasteiger partial charge in [0.15, 0.2) is 0 Å². The average molecular weight is 255 g/mol. The predicted octanol–water partition coefficient (Wildman–Crippen LogP) is 2.50. The van der Waals surface area contributed by atoms with E-state index in [9.17, 15) is 0 Å². The average Bonchev–Trinajstić information content (AvgIpc) is 2.69. The maximum Gasteiger partial charge on any atom is 0.0351 e. The monoisotopic (exact) mass is 254 g/mol. The van der Waals surface area contributed by atoms with Crippen molar-refractivity contribution in [2.75, 3.05) is 52.0 Å². The minimum atomic E-state index is 0.776. The van der Waals surface area contributed by atoms with Gasteiger partial charge < -0.3 is 9.80 Å². The molecule has 4 heteroatoms. The standard InChI is InChI=1S/C6H12ClN.C5H12ClN/c7-3-6-8-4-1-2-5-8;1-7(2)5-3-4-6/h1-6H2;3-5H2,1-2H3. The lowest BCUT2D eigenvalue weighted by molar-refractivity contribution is 0.361. The van der Waals surface area contributed by atoms with Crippen molar-refractivity contribution in [3.05, 3.63) is 0 Å². The molecule has 0 unspecified atom stereocenters. The molecule has 0 N–H and O–H groups in total. The van der Waals surface area contributed by atoms with Crippen LogP contribution in [0.5, 0.6) is 0 Å². The van der Waals surface area contributed by atoms with E-state index in [1.165, 1.54) is 25.9 Å². The van der Waals surface area contributed by atoms with Crippen LogP contribution in [0.3, 0.4) is 0 Å². The van der Waals surface area contributed by atoms with Crippen LogP contribution < -0.4 is 0 Å². The van der Waals surface area contributed by atoms with Crippen molar-refractivity contribution < 1.29 is 0 Å². The second-order valence-corrected chi connectivity index (χ2v) is 4.84. The van der Waals surface area contributed by atoms with Gasteiger partial charge in [0.1, 0.15) is 0 Å². The van der Waals surface area contributed by atoms with Gasteiger partial charge >= 0.3 is 0 Å². The maximum absolute atomic E-state index is 5.54. The van der Waals surface area contributed by atoms with E-state index < -0.39 is 0 Å². The van der Waals surface area contributed by atoms with E-state index in [0.717, 1.165) is 31.3 Å². The third-order valence-corrected chi connectivity index (χ3v) is 2.77. The number of halogens is 2. The van der Waals surface area contributed by atoms with Gasteiger partial charge in [0.2, 0.25) is 0 Å². The van der Waals surface area contributed by atoms with Gasteiger partial charge in [0, 0.05) is 18.3 Å². The van der Waals surface area contributed by atoms with Gasteiger partial charge in [0.25, 0.3) is 0 Å². The van der Waals surface area contributed by atoms with E-state index in [0.29, 0.717) is 0 Å². The van der Waals surface area contributed by atoms with E-state index in [1.807, 2.05) is 14.1 Å². The van der Waals surface area contributed by atoms with E-state index in [4.69, 9.17) is 23.2 Å². The fourth-order valence-corrected chi connectivity index (χ4v) is 1.86. The number of hydrogen-bond donors (Lipinski definition) is 0. The summed E-state index contributed by atoms with van der Waals surface area (Å²) in [6.45, 7) is 4.73. The van der Waals surface area contributed by atoms with Crippen molar-refractivity contribution in [2.45, 2.75) is 19.3 Å². The molecule has 0 amide bonds. The third-order valence-electron chi connectivity index (χ3n) is 2.34. The third kappa shape index (κ3) is 10.8. The summed E-state index contributed by atoms with van der Waals surface area (Å²) >= 11 is 11.0. The van der Waals surface area contributed by atoms with Crippen LogP contribution in [0, 0.1) is 0 Å². The normalized spacial score (nSPS) is 16.6. The molecule has 1 saturated heterocycles. The molecule has 0 aliphatic carbocycles. The number of likely N-dealkylation sites (tertiary alicyclic amines) is 1. The predicted molar refractivity (Wildman–Crippen MR) is 70.3 cm³/mol. The Morgan fingerprint density at radius 1 is 1.07 bits per heavy atom. The molecule has 0 bridgehead atoms. The molecule has 0 atom stereocenters. The van der Waals surface area contributed by atoms with Crippen molar-refractivity contribution in [3.63, 3.8) is 0 Å². The van der Waals surface area contributed by atoms with Crippen LogP contribution in [0.1, 0.15) is 19.3 Å². The Kier molecular flexibility index (Phi) is 11.4. The van der Waals surface area contributed by atoms with Gasteiger partial charge in [-0.05, 0) is 53.0 Å². The van der Waals surface area contributed by atoms with Gasteiger partial charge in [-0.1, -0.05) is 0 Å². The molecule has 1 aliphatic rings. The zero-order valence-electron chi connectivity index (χ0n) is 10.0. The Hall–Kier alpha value is 0.500. The van der Waals surface area contributed by atoms with Gasteiger partial charge in [-0.3, -0.25) is 0 Å². The van der Waals surface area contributed by atoms with Crippen LogP contribution in [0.25, 0.3) is 0 Å². The maximum atomic E-state index is 5.54. The second-order valence-electron chi connectivity index (χ2n) is 4.08. The van der Waals surface area contributed by atoms with Gasteiger partial charge in [-0.2, -0.15) is 0 Å². The zero-order chi connectivity index (χ0) is 11.5. The van der Waals surface area contributed by atoms with Gasteiger partial charge in [-0.25, -0.2) is 0 Å². The highest BCUT2D eigenvalue weighted by molar-refractivity contribution is 6.18. The highest BCUT2D eigenvalue weighted by Gasteiger charge is 2.08. The zero-order valence-corrected chi connectivity index (χ0v) is 11.5. The lowest BCUT2D eigenvalue weighted by atomic mass is 10.4. The molecule has 0 aromatic heterocycles. The second kappa shape index (κ2) is 11.0. The first-order chi connectivity index (χ1) is 7.20. The SMILES string of the molecule is CN(C)CCCCl.ClCCN1CCCC1. The summed E-state index contributed by atoms with van der Waals surface area (Å²) in [4.78, 5) is 4.54. The van der Waals surface area contributed by atoms with Crippen LogP contribution in [0.4, 0.5) is 0 Å². The molecular formula is C11H24Cl2N2. The fraction of sp³-hybridized carbons (Fsp3) is 1.00. The Bertz CT molecular complexity index is 126. The molecule has 1 heterocycles. The highest BCUT2D eigenvalue weighted by atomic mass is 35.5. The van der Waals surface area contributed by atoms with Crippen molar-refractivity contribution in [2.24, 2.45) is 0 Å². The largest absolute Gasteiger partial charge is 0.309 e. The first kappa shape index (κ1) is 15.5. The quantitative estimate of drug-likeness (QED) is 0.696. The van der Waals surface area contributed by atoms with Crippen molar-refractivity contribution >= 4 is 23.2 Å². The highest BCUT2D eigenvalue weighted by Crippen LogP contribution is 2.05. The number of hydrogen-bond acceptors (Lipinski definition) is 2. The van der Waals surface area contributed by atoms with Gasteiger partial charge in [0.05, 0.1) is 0 Å². The lowest BCUT2D eigenvalue weighted by Gasteiger charge is -2.10. The summed E-state index contributed by atoms with van der Waals surface area (Å²) in [5, 5.41) is 0. The summed E-state index contributed by atoms with van der Waals surface area (Å²) in [5.74, 6) is 1.57.